The van der Waals surface area contributed by atoms with Gasteiger partial charge in [-0.3, -0.25) is 9.69 Å². The van der Waals surface area contributed by atoms with E-state index in [1.54, 1.807) is 32.4 Å². The number of carboxylic acid groups (broad SMARTS) is 1. The van der Waals surface area contributed by atoms with E-state index in [1.807, 2.05) is 30.3 Å². The molecule has 1 heterocycles. The molecule has 1 aliphatic rings. The highest BCUT2D eigenvalue weighted by molar-refractivity contribution is 9.10. The number of nitrogens with zero attached hydrogens (tertiary/aromatic N) is 2. The first-order valence-corrected chi connectivity index (χ1v) is 13.5. The summed E-state index contributed by atoms with van der Waals surface area (Å²) in [4.78, 5) is 30.5. The van der Waals surface area contributed by atoms with Crippen molar-refractivity contribution in [3.8, 4) is 11.5 Å². The predicted octanol–water partition coefficient (Wildman–Crippen LogP) is 7.12. The topological polar surface area (TPSA) is 88.4 Å². The molecular weight excluding hydrogens is 580 g/mol. The Morgan fingerprint density at radius 1 is 1.05 bits per heavy atom. The van der Waals surface area contributed by atoms with Crippen molar-refractivity contribution < 1.29 is 24.2 Å². The molecule has 0 aliphatic carbocycles. The van der Waals surface area contributed by atoms with Crippen LogP contribution in [0, 0.1) is 0 Å². The number of likely N-dealkylation sites (N-methyl/N-ethyl adjacent to an activating group) is 1. The van der Waals surface area contributed by atoms with E-state index in [-0.39, 0.29) is 11.5 Å². The van der Waals surface area contributed by atoms with Gasteiger partial charge in [-0.05, 0) is 98.1 Å². The van der Waals surface area contributed by atoms with Gasteiger partial charge in [0.15, 0.2) is 16.7 Å². The van der Waals surface area contributed by atoms with Crippen LogP contribution in [0.4, 0.5) is 5.69 Å². The highest BCUT2D eigenvalue weighted by atomic mass is 79.9. The van der Waals surface area contributed by atoms with Crippen LogP contribution in [-0.4, -0.2) is 41.2 Å². The second kappa shape index (κ2) is 11.3. The highest BCUT2D eigenvalue weighted by Gasteiger charge is 2.30. The van der Waals surface area contributed by atoms with Gasteiger partial charge in [-0.1, -0.05) is 36.4 Å². The second-order valence-electron chi connectivity index (χ2n) is 8.73. The van der Waals surface area contributed by atoms with Crippen LogP contribution in [0.2, 0.25) is 0 Å². The Labute approximate surface area is 237 Å². The third kappa shape index (κ3) is 5.84. The van der Waals surface area contributed by atoms with Gasteiger partial charge in [0.25, 0.3) is 5.91 Å². The van der Waals surface area contributed by atoms with E-state index in [4.69, 9.17) is 14.6 Å². The first kappa shape index (κ1) is 26.5. The smallest absolute Gasteiger partial charge is 0.335 e. The number of amidine groups is 1. The maximum absolute atomic E-state index is 12.9. The predicted molar refractivity (Wildman–Crippen MR) is 158 cm³/mol. The van der Waals surface area contributed by atoms with E-state index >= 15 is 0 Å². The molecule has 0 bridgehead atoms. The summed E-state index contributed by atoms with van der Waals surface area (Å²) in [5.74, 6) is -0.0862. The lowest BCUT2D eigenvalue weighted by molar-refractivity contribution is -0.121. The van der Waals surface area contributed by atoms with Gasteiger partial charge in [-0.15, -0.1) is 0 Å². The summed E-state index contributed by atoms with van der Waals surface area (Å²) < 4.78 is 12.4. The number of carbonyl (C=O) groups excluding carboxylic acids is 1. The lowest BCUT2D eigenvalue weighted by Crippen LogP contribution is -2.23. The molecule has 7 nitrogen and oxygen atoms in total. The molecule has 0 radical (unpaired) electrons. The number of benzene rings is 4. The molecule has 0 saturated carbocycles. The van der Waals surface area contributed by atoms with E-state index in [9.17, 15) is 9.59 Å². The van der Waals surface area contributed by atoms with Crippen LogP contribution < -0.4 is 9.47 Å². The molecule has 0 atom stereocenters. The molecule has 4 aromatic rings. The molecule has 0 spiro atoms. The van der Waals surface area contributed by atoms with Crippen LogP contribution in [0.15, 0.2) is 93.2 Å². The standard InChI is InChI=1S/C30H23BrN2O5S/c1-33-28(34)26(39-30(33)32-23-11-9-21(10-12-23)29(35)36)16-19-14-24(31)27(25(15-19)37-2)38-17-18-7-8-20-5-3-4-6-22(20)13-18/h3-16H,17H2,1-2H3,(H,35,36)/b26-16-,32-30?. The maximum Gasteiger partial charge on any atom is 0.335 e. The van der Waals surface area contributed by atoms with E-state index in [2.05, 4.69) is 45.2 Å². The Morgan fingerprint density at radius 3 is 2.51 bits per heavy atom. The first-order valence-electron chi connectivity index (χ1n) is 11.9. The molecular formula is C30H23BrN2O5S. The molecule has 1 fully saturated rings. The summed E-state index contributed by atoms with van der Waals surface area (Å²) in [5.41, 5.74) is 2.52. The minimum Gasteiger partial charge on any atom is -0.493 e. The number of ether oxygens (including phenoxy) is 2. The van der Waals surface area contributed by atoms with Crippen molar-refractivity contribution in [2.45, 2.75) is 6.61 Å². The monoisotopic (exact) mass is 602 g/mol. The van der Waals surface area contributed by atoms with Gasteiger partial charge >= 0.3 is 5.97 Å². The number of amides is 1. The van der Waals surface area contributed by atoms with E-state index in [0.29, 0.717) is 38.3 Å². The summed E-state index contributed by atoms with van der Waals surface area (Å²) >= 11 is 4.84. The zero-order valence-corrected chi connectivity index (χ0v) is 23.5. The van der Waals surface area contributed by atoms with Gasteiger partial charge < -0.3 is 14.6 Å². The molecule has 1 aliphatic heterocycles. The molecule has 0 aromatic heterocycles. The molecule has 1 amide bonds. The molecule has 39 heavy (non-hydrogen) atoms. The summed E-state index contributed by atoms with van der Waals surface area (Å²) in [6, 6.07) is 24.3. The average molecular weight is 603 g/mol. The Kier molecular flexibility index (Phi) is 7.72. The van der Waals surface area contributed by atoms with Crippen LogP contribution in [0.5, 0.6) is 11.5 Å². The first-order chi connectivity index (χ1) is 18.8. The quantitative estimate of drug-likeness (QED) is 0.226. The fourth-order valence-corrected chi connectivity index (χ4v) is 5.60. The molecule has 1 saturated heterocycles. The van der Waals surface area contributed by atoms with Crippen molar-refractivity contribution >= 4 is 67.3 Å². The Hall–Kier alpha value is -4.08. The van der Waals surface area contributed by atoms with Gasteiger partial charge in [0, 0.05) is 7.05 Å². The number of aromatic carboxylic acids is 1. The molecule has 5 rings (SSSR count). The molecule has 0 unspecified atom stereocenters. The van der Waals surface area contributed by atoms with Crippen LogP contribution in [0.1, 0.15) is 21.5 Å². The fourth-order valence-electron chi connectivity index (χ4n) is 4.04. The summed E-state index contributed by atoms with van der Waals surface area (Å²) in [6.07, 6.45) is 1.78. The number of hydrogen-bond donors (Lipinski definition) is 1. The molecule has 4 aromatic carbocycles. The Balaban J connectivity index is 1.35. The number of methoxy groups -OCH3 is 1. The minimum atomic E-state index is -1.01. The summed E-state index contributed by atoms with van der Waals surface area (Å²) in [6.45, 7) is 0.368. The van der Waals surface area contributed by atoms with Crippen LogP contribution in [0.3, 0.4) is 0 Å². The van der Waals surface area contributed by atoms with Gasteiger partial charge in [0.05, 0.1) is 27.7 Å². The zero-order valence-electron chi connectivity index (χ0n) is 21.1. The number of fused-ring (bicyclic) bond motifs is 1. The van der Waals surface area contributed by atoms with Gasteiger partial charge in [-0.25, -0.2) is 9.79 Å². The van der Waals surface area contributed by atoms with Gasteiger partial charge in [0.2, 0.25) is 0 Å². The number of thioether (sulfide) groups is 1. The molecule has 1 N–H and O–H groups in total. The van der Waals surface area contributed by atoms with Crippen molar-refractivity contribution in [2.24, 2.45) is 4.99 Å². The van der Waals surface area contributed by atoms with Crippen molar-refractivity contribution in [1.82, 2.24) is 4.90 Å². The van der Waals surface area contributed by atoms with Crippen LogP contribution in [0.25, 0.3) is 16.8 Å². The number of halogens is 1. The maximum atomic E-state index is 12.9. The van der Waals surface area contributed by atoms with Crippen molar-refractivity contribution in [3.05, 3.63) is 105 Å². The van der Waals surface area contributed by atoms with E-state index in [0.717, 1.165) is 16.5 Å². The fraction of sp³-hybridized carbons (Fsp3) is 0.100. The lowest BCUT2D eigenvalue weighted by Gasteiger charge is -2.14. The highest BCUT2D eigenvalue weighted by Crippen LogP contribution is 2.39. The second-order valence-corrected chi connectivity index (χ2v) is 10.6. The molecule has 196 valence electrons. The summed E-state index contributed by atoms with van der Waals surface area (Å²) in [7, 11) is 3.23. The lowest BCUT2D eigenvalue weighted by atomic mass is 10.1. The Bertz CT molecular complexity index is 1650. The molecule has 9 heteroatoms. The van der Waals surface area contributed by atoms with E-state index < -0.39 is 5.97 Å². The normalized spacial score (nSPS) is 15.4. The third-order valence-electron chi connectivity index (χ3n) is 6.09. The summed E-state index contributed by atoms with van der Waals surface area (Å²) in [5, 5.41) is 11.9. The van der Waals surface area contributed by atoms with Gasteiger partial charge in [0.1, 0.15) is 6.61 Å². The van der Waals surface area contributed by atoms with Crippen molar-refractivity contribution in [3.63, 3.8) is 0 Å². The van der Waals surface area contributed by atoms with Crippen molar-refractivity contribution in [1.29, 1.82) is 0 Å². The van der Waals surface area contributed by atoms with Gasteiger partial charge in [-0.2, -0.15) is 0 Å². The van der Waals surface area contributed by atoms with Crippen molar-refractivity contribution in [2.75, 3.05) is 14.2 Å². The van der Waals surface area contributed by atoms with Crippen LogP contribution in [-0.2, 0) is 11.4 Å². The zero-order chi connectivity index (χ0) is 27.5. The Morgan fingerprint density at radius 2 is 1.79 bits per heavy atom. The largest absolute Gasteiger partial charge is 0.493 e. The minimum absolute atomic E-state index is 0.173. The van der Waals surface area contributed by atoms with E-state index in [1.165, 1.54) is 34.2 Å². The number of carbonyl (C=O) groups is 2. The number of rotatable bonds is 7. The number of aliphatic imine (C=N–C) groups is 1. The number of hydrogen-bond acceptors (Lipinski definition) is 6. The van der Waals surface area contributed by atoms with Crippen LogP contribution >= 0.6 is 27.7 Å². The number of carboxylic acids is 1. The third-order valence-corrected chi connectivity index (χ3v) is 7.74. The average Bonchev–Trinajstić information content (AvgIpc) is 3.19. The SMILES string of the molecule is COc1cc(/C=C2\SC(=Nc3ccc(C(=O)O)cc3)N(C)C2=O)cc(Br)c1OCc1ccc2ccccc2c1.